The third kappa shape index (κ3) is 4.09. The normalized spacial score (nSPS) is 12.1. The van der Waals surface area contributed by atoms with Gasteiger partial charge in [0.25, 0.3) is 0 Å². The molecule has 2 heteroatoms. The summed E-state index contributed by atoms with van der Waals surface area (Å²) in [4.78, 5) is 2.69. The smallest absolute Gasteiger partial charge is 0.0358 e. The van der Waals surface area contributed by atoms with Gasteiger partial charge >= 0.3 is 0 Å². The molecule has 5 rings (SSSR count). The van der Waals surface area contributed by atoms with Crippen LogP contribution in [0.1, 0.15) is 43.1 Å². The highest BCUT2D eigenvalue weighted by molar-refractivity contribution is 7.21. The van der Waals surface area contributed by atoms with Crippen molar-refractivity contribution in [3.05, 3.63) is 104 Å². The predicted molar refractivity (Wildman–Crippen MR) is 147 cm³/mol. The van der Waals surface area contributed by atoms with Gasteiger partial charge in [0.15, 0.2) is 0 Å². The Kier molecular flexibility index (Phi) is 5.58. The Morgan fingerprint density at radius 2 is 0.875 bits per heavy atom. The molecule has 0 amide bonds. The largest absolute Gasteiger partial charge is 0.136 e. The van der Waals surface area contributed by atoms with Crippen LogP contribution in [-0.4, -0.2) is 0 Å². The molecule has 158 valence electrons. The molecule has 0 saturated heterocycles. The lowest BCUT2D eigenvalue weighted by molar-refractivity contribution is 1.46. The molecular weight excluding hydrogens is 424 g/mol. The zero-order valence-electron chi connectivity index (χ0n) is 18.9. The summed E-state index contributed by atoms with van der Waals surface area (Å²) < 4.78 is 2.74. The first kappa shape index (κ1) is 20.9. The van der Waals surface area contributed by atoms with Gasteiger partial charge in [-0.25, -0.2) is 0 Å². The maximum absolute atomic E-state index is 2.39. The third-order valence-electron chi connectivity index (χ3n) is 6.08. The van der Waals surface area contributed by atoms with Crippen LogP contribution in [0.4, 0.5) is 0 Å². The van der Waals surface area contributed by atoms with Crippen molar-refractivity contribution >= 4 is 67.1 Å². The quantitative estimate of drug-likeness (QED) is 0.256. The van der Waals surface area contributed by atoms with Crippen LogP contribution in [0.2, 0.25) is 0 Å². The molecule has 0 saturated carbocycles. The Balaban J connectivity index is 1.49. The summed E-state index contributed by atoms with van der Waals surface area (Å²) in [5.74, 6) is 0. The van der Waals surface area contributed by atoms with Crippen molar-refractivity contribution in [3.8, 4) is 0 Å². The summed E-state index contributed by atoms with van der Waals surface area (Å²) >= 11 is 3.78. The van der Waals surface area contributed by atoms with Gasteiger partial charge in [0.1, 0.15) is 0 Å². The van der Waals surface area contributed by atoms with E-state index < -0.39 is 0 Å². The summed E-state index contributed by atoms with van der Waals surface area (Å²) in [6.07, 6.45) is 8.97. The van der Waals surface area contributed by atoms with Gasteiger partial charge in [-0.15, -0.1) is 22.7 Å². The van der Waals surface area contributed by atoms with Gasteiger partial charge in [-0.2, -0.15) is 0 Å². The summed E-state index contributed by atoms with van der Waals surface area (Å²) in [6, 6.07) is 22.2. The van der Waals surface area contributed by atoms with E-state index in [2.05, 4.69) is 113 Å². The number of hydrogen-bond donors (Lipinski definition) is 0. The van der Waals surface area contributed by atoms with Crippen molar-refractivity contribution in [3.63, 3.8) is 0 Å². The predicted octanol–water partition coefficient (Wildman–Crippen LogP) is 9.69. The topological polar surface area (TPSA) is 0 Å². The summed E-state index contributed by atoms with van der Waals surface area (Å²) in [7, 11) is 0. The highest BCUT2D eigenvalue weighted by atomic mass is 32.1. The van der Waals surface area contributed by atoms with E-state index in [0.29, 0.717) is 0 Å². The zero-order chi connectivity index (χ0) is 22.2. The molecule has 0 nitrogen and oxygen atoms in total. The molecule has 0 aliphatic carbocycles. The van der Waals surface area contributed by atoms with Gasteiger partial charge < -0.3 is 0 Å². The maximum atomic E-state index is 2.39. The van der Waals surface area contributed by atoms with Crippen LogP contribution in [-0.2, 0) is 0 Å². The minimum atomic E-state index is 1.24. The first-order valence-corrected chi connectivity index (χ1v) is 12.6. The molecule has 32 heavy (non-hydrogen) atoms. The molecule has 2 heterocycles. The van der Waals surface area contributed by atoms with E-state index in [1.807, 2.05) is 22.7 Å². The van der Waals surface area contributed by atoms with Crippen LogP contribution in [0.5, 0.6) is 0 Å². The number of benzene rings is 3. The van der Waals surface area contributed by atoms with Crippen LogP contribution < -0.4 is 0 Å². The molecule has 0 unspecified atom stereocenters. The van der Waals surface area contributed by atoms with Crippen LogP contribution in [0.15, 0.2) is 60.7 Å². The molecule has 5 aromatic rings. The van der Waals surface area contributed by atoms with Crippen molar-refractivity contribution in [2.45, 2.75) is 27.7 Å². The highest BCUT2D eigenvalue weighted by Gasteiger charge is 2.12. The van der Waals surface area contributed by atoms with Crippen molar-refractivity contribution in [1.29, 1.82) is 0 Å². The van der Waals surface area contributed by atoms with Crippen LogP contribution in [0.3, 0.4) is 0 Å². The Morgan fingerprint density at radius 1 is 0.500 bits per heavy atom. The fraction of sp³-hybridized carbons (Fsp3) is 0.133. The van der Waals surface area contributed by atoms with Crippen molar-refractivity contribution in [2.24, 2.45) is 0 Å². The van der Waals surface area contributed by atoms with E-state index in [4.69, 9.17) is 0 Å². The van der Waals surface area contributed by atoms with Gasteiger partial charge in [0, 0.05) is 19.2 Å². The molecule has 0 aliphatic rings. The van der Waals surface area contributed by atoms with E-state index in [0.717, 1.165) is 0 Å². The maximum Gasteiger partial charge on any atom is 0.0358 e. The van der Waals surface area contributed by atoms with E-state index in [1.165, 1.54) is 63.3 Å². The van der Waals surface area contributed by atoms with Gasteiger partial charge in [-0.05, 0) is 85.0 Å². The van der Waals surface area contributed by atoms with Crippen molar-refractivity contribution in [1.82, 2.24) is 0 Å². The molecule has 2 aromatic heterocycles. The van der Waals surface area contributed by atoms with Gasteiger partial charge in [0.05, 0.1) is 0 Å². The summed E-state index contributed by atoms with van der Waals surface area (Å²) in [6.45, 7) is 8.75. The fourth-order valence-electron chi connectivity index (χ4n) is 3.99. The molecule has 0 fully saturated rings. The van der Waals surface area contributed by atoms with Crippen LogP contribution >= 0.6 is 22.7 Å². The first-order valence-electron chi connectivity index (χ1n) is 10.9. The Hall–Kier alpha value is -2.94. The molecular formula is C30H26S2. The Morgan fingerprint density at radius 3 is 1.25 bits per heavy atom. The Bertz CT molecular complexity index is 1350. The fourth-order valence-corrected chi connectivity index (χ4v) is 6.26. The van der Waals surface area contributed by atoms with Crippen molar-refractivity contribution < 1.29 is 0 Å². The molecule has 0 aliphatic heterocycles. The number of rotatable bonds is 4. The molecule has 0 bridgehead atoms. The minimum absolute atomic E-state index is 1.24. The lowest BCUT2D eigenvalue weighted by Gasteiger charge is -1.96. The zero-order valence-corrected chi connectivity index (χ0v) is 20.5. The van der Waals surface area contributed by atoms with E-state index in [9.17, 15) is 0 Å². The lowest BCUT2D eigenvalue weighted by Crippen LogP contribution is -1.75. The number of hydrogen-bond acceptors (Lipinski definition) is 2. The second kappa shape index (κ2) is 8.54. The molecule has 0 atom stereocenters. The SMILES string of the molecule is Cc1ccc(C=Cc2sc3cc4c(C)c(C=Cc5ccc(C)cc5)sc4cc3c2C)cc1. The monoisotopic (exact) mass is 450 g/mol. The second-order valence-corrected chi connectivity index (χ2v) is 10.7. The second-order valence-electron chi connectivity index (χ2n) is 8.52. The summed E-state index contributed by atoms with van der Waals surface area (Å²) in [5, 5.41) is 2.75. The van der Waals surface area contributed by atoms with Gasteiger partial charge in [0.2, 0.25) is 0 Å². The van der Waals surface area contributed by atoms with E-state index in [-0.39, 0.29) is 0 Å². The molecule has 0 spiro atoms. The van der Waals surface area contributed by atoms with Gasteiger partial charge in [-0.3, -0.25) is 0 Å². The van der Waals surface area contributed by atoms with E-state index >= 15 is 0 Å². The number of fused-ring (bicyclic) bond motifs is 2. The molecule has 0 radical (unpaired) electrons. The highest BCUT2D eigenvalue weighted by Crippen LogP contribution is 2.40. The number of aryl methyl sites for hydroxylation is 4. The van der Waals surface area contributed by atoms with E-state index in [1.54, 1.807) is 0 Å². The van der Waals surface area contributed by atoms with Crippen LogP contribution in [0.25, 0.3) is 44.5 Å². The Labute approximate surface area is 198 Å². The average Bonchev–Trinajstić information content (AvgIpc) is 3.27. The average molecular weight is 451 g/mol. The van der Waals surface area contributed by atoms with Crippen molar-refractivity contribution in [2.75, 3.05) is 0 Å². The lowest BCUT2D eigenvalue weighted by atomic mass is 10.1. The minimum Gasteiger partial charge on any atom is -0.136 e. The molecule has 0 N–H and O–H groups in total. The van der Waals surface area contributed by atoms with Crippen LogP contribution in [0, 0.1) is 27.7 Å². The number of thiophene rings is 2. The standard InChI is InChI=1S/C30H26S2/c1-19-5-9-23(10-6-19)13-15-27-21(3)25-17-30-26(18-29(25)31-27)22(4)28(32-30)16-14-24-11-7-20(2)8-12-24/h5-18H,1-4H3. The molecule has 3 aromatic carbocycles. The third-order valence-corrected chi connectivity index (χ3v) is 8.52. The first-order chi connectivity index (χ1) is 15.5. The summed E-state index contributed by atoms with van der Waals surface area (Å²) in [5.41, 5.74) is 7.83. The van der Waals surface area contributed by atoms with Gasteiger partial charge in [-0.1, -0.05) is 71.8 Å².